The normalized spacial score (nSPS) is 12.2. The van der Waals surface area contributed by atoms with Gasteiger partial charge < -0.3 is 6.92 Å². The van der Waals surface area contributed by atoms with E-state index in [1.807, 2.05) is 12.2 Å². The fourth-order valence-corrected chi connectivity index (χ4v) is 4.36. The van der Waals surface area contributed by atoms with Crippen LogP contribution in [-0.4, -0.2) is 4.21 Å². The Hall–Kier alpha value is -0.747. The number of fused-ring (bicyclic) bond motifs is 3. The first-order valence-electron chi connectivity index (χ1n) is 12.5. The van der Waals surface area contributed by atoms with Gasteiger partial charge in [0.15, 0.2) is 0 Å². The Labute approximate surface area is 250 Å². The van der Waals surface area contributed by atoms with Crippen LogP contribution in [0, 0.1) is 32.9 Å². The number of aryl methyl sites for hydroxylation is 2. The Morgan fingerprint density at radius 1 is 0.917 bits per heavy atom. The molecule has 0 bridgehead atoms. The predicted molar refractivity (Wildman–Crippen MR) is 164 cm³/mol. The van der Waals surface area contributed by atoms with Gasteiger partial charge in [0, 0.05) is 0 Å². The molecule has 0 spiro atoms. The second kappa shape index (κ2) is 17.0. The van der Waals surface area contributed by atoms with Crippen molar-refractivity contribution in [1.82, 2.24) is 0 Å². The molecule has 2 aliphatic rings. The summed E-state index contributed by atoms with van der Waals surface area (Å²) in [5.41, 5.74) is 11.6. The quantitative estimate of drug-likeness (QED) is 0.242. The van der Waals surface area contributed by atoms with E-state index in [9.17, 15) is 0 Å². The fraction of sp³-hybridized carbons (Fsp3) is 0.455. The van der Waals surface area contributed by atoms with Crippen molar-refractivity contribution in [2.75, 3.05) is 0 Å². The van der Waals surface area contributed by atoms with E-state index in [-0.39, 0.29) is 35.6 Å². The van der Waals surface area contributed by atoms with Crippen molar-refractivity contribution >= 4 is 29.0 Å². The number of hydrogen-bond acceptors (Lipinski definition) is 0. The number of rotatable bonds is 1. The van der Waals surface area contributed by atoms with Crippen LogP contribution in [0.25, 0.3) is 11.1 Å². The molecule has 4 rings (SSSR count). The molecule has 0 heterocycles. The standard InChI is InChI=1S/C23H29.C5H5.C4H9.CH2.2ClH.Zr/c1-14-9-16-11-17-10-15(2)21(23(6,7)8)13-19(17)18(16)12-20(14)22(3,4)5;1-2-4-5-3-1;1-3-4-2;;;;/h9,12-13H,11H2,1-8H3;1-3H,4H2;1,3-4H2,2H3;1H2;2*1H;/q3*-1;;;;. The van der Waals surface area contributed by atoms with Gasteiger partial charge in [-0.05, 0) is 35.4 Å². The molecule has 200 valence electrons. The van der Waals surface area contributed by atoms with Crippen molar-refractivity contribution in [3.05, 3.63) is 88.9 Å². The molecule has 2 aromatic rings. The first-order valence-corrected chi connectivity index (χ1v) is 14.2. The van der Waals surface area contributed by atoms with E-state index < -0.39 is 0 Å². The van der Waals surface area contributed by atoms with Gasteiger partial charge >= 0.3 is 28.4 Å². The van der Waals surface area contributed by atoms with Gasteiger partial charge in [-0.25, -0.2) is 12.2 Å². The number of benzene rings is 2. The SMILES string of the molecule is Cc1[c-]c2c(cc1C(C)(C)C)-c1cc(C(C)(C)C)c(C)cc1C2.Cl.Cl.[C-]1=CC=CC1.[CH2-]CCC.[CH2]=[Zr]. The van der Waals surface area contributed by atoms with Crippen molar-refractivity contribution in [2.45, 2.75) is 98.8 Å². The zero-order valence-corrected chi connectivity index (χ0v) is 28.1. The molecule has 0 fully saturated rings. The monoisotopic (exact) mass is 603 g/mol. The number of unbranched alkanes of at least 4 members (excludes halogenated alkanes) is 1. The van der Waals surface area contributed by atoms with Gasteiger partial charge in [0.1, 0.15) is 0 Å². The fourth-order valence-electron chi connectivity index (χ4n) is 4.36. The van der Waals surface area contributed by atoms with Crippen LogP contribution in [0.4, 0.5) is 0 Å². The maximum atomic E-state index is 3.69. The molecule has 0 unspecified atom stereocenters. The summed E-state index contributed by atoms with van der Waals surface area (Å²) >= 11 is 1.30. The molecule has 0 aliphatic heterocycles. The third-order valence-corrected chi connectivity index (χ3v) is 6.02. The van der Waals surface area contributed by atoms with Crippen molar-refractivity contribution in [3.63, 3.8) is 0 Å². The number of halogens is 2. The Balaban J connectivity index is 0. The van der Waals surface area contributed by atoms with E-state index in [4.69, 9.17) is 0 Å². The Morgan fingerprint density at radius 3 is 1.83 bits per heavy atom. The molecule has 3 heteroatoms. The number of hydrogen-bond donors (Lipinski definition) is 0. The van der Waals surface area contributed by atoms with Crippen LogP contribution in [0.3, 0.4) is 0 Å². The summed E-state index contributed by atoms with van der Waals surface area (Å²) in [5.74, 6) is 0. The molecule has 36 heavy (non-hydrogen) atoms. The summed E-state index contributed by atoms with van der Waals surface area (Å²) in [6, 6.07) is 10.9. The minimum atomic E-state index is 0. The van der Waals surface area contributed by atoms with Crippen molar-refractivity contribution in [2.24, 2.45) is 0 Å². The molecule has 0 N–H and O–H groups in total. The molecule has 0 amide bonds. The molecule has 2 aliphatic carbocycles. The van der Waals surface area contributed by atoms with Crippen LogP contribution in [0.1, 0.15) is 101 Å². The van der Waals surface area contributed by atoms with E-state index in [2.05, 4.69) is 110 Å². The molecule has 0 nitrogen and oxygen atoms in total. The van der Waals surface area contributed by atoms with Crippen molar-refractivity contribution in [3.8, 4) is 11.1 Å². The van der Waals surface area contributed by atoms with Gasteiger partial charge in [-0.2, -0.15) is 30.2 Å². The average Bonchev–Trinajstić information content (AvgIpc) is 3.44. The van der Waals surface area contributed by atoms with Crippen LogP contribution < -0.4 is 0 Å². The van der Waals surface area contributed by atoms with E-state index in [1.54, 1.807) is 0 Å². The van der Waals surface area contributed by atoms with Gasteiger partial charge in [-0.1, -0.05) is 84.9 Å². The molecule has 0 aromatic heterocycles. The summed E-state index contributed by atoms with van der Waals surface area (Å²) in [7, 11) is 0. The van der Waals surface area contributed by atoms with Crippen LogP contribution in [0.15, 0.2) is 36.4 Å². The topological polar surface area (TPSA) is 0 Å². The molecule has 0 saturated heterocycles. The first kappa shape index (κ1) is 37.4. The summed E-state index contributed by atoms with van der Waals surface area (Å²) in [5, 5.41) is 0. The average molecular weight is 606 g/mol. The zero-order valence-electron chi connectivity index (χ0n) is 24.0. The molecule has 0 atom stereocenters. The third-order valence-electron chi connectivity index (χ3n) is 6.02. The Bertz CT molecular complexity index is 922. The van der Waals surface area contributed by atoms with E-state index in [1.165, 1.54) is 75.2 Å². The van der Waals surface area contributed by atoms with Crippen molar-refractivity contribution < 1.29 is 24.2 Å². The second-order valence-corrected chi connectivity index (χ2v) is 11.1. The summed E-state index contributed by atoms with van der Waals surface area (Å²) in [6.45, 7) is 24.0. The molecule has 0 saturated carbocycles. The van der Waals surface area contributed by atoms with Crippen LogP contribution in [0.5, 0.6) is 0 Å². The van der Waals surface area contributed by atoms with Gasteiger partial charge in [-0.15, -0.1) is 47.9 Å². The molecular weight excluding hydrogens is 558 g/mol. The number of allylic oxidation sites excluding steroid dienone is 4. The third kappa shape index (κ3) is 10.6. The van der Waals surface area contributed by atoms with Gasteiger partial charge in [0.25, 0.3) is 0 Å². The van der Waals surface area contributed by atoms with Gasteiger partial charge in [0.2, 0.25) is 0 Å². The summed E-state index contributed by atoms with van der Waals surface area (Å²) < 4.78 is 3.34. The minimum absolute atomic E-state index is 0. The second-order valence-electron chi connectivity index (χ2n) is 11.1. The molecule has 0 radical (unpaired) electrons. The molecular formula is C33H47Cl2Zr-3. The summed E-state index contributed by atoms with van der Waals surface area (Å²) in [6.07, 6.45) is 13.3. The van der Waals surface area contributed by atoms with E-state index in [0.29, 0.717) is 0 Å². The van der Waals surface area contributed by atoms with Crippen LogP contribution in [-0.2, 0) is 41.5 Å². The Morgan fingerprint density at radius 2 is 1.44 bits per heavy atom. The van der Waals surface area contributed by atoms with Gasteiger partial charge in [0.05, 0.1) is 0 Å². The maximum absolute atomic E-state index is 3.69. The van der Waals surface area contributed by atoms with E-state index in [0.717, 1.165) is 19.3 Å². The van der Waals surface area contributed by atoms with Crippen LogP contribution in [0.2, 0.25) is 0 Å². The Kier molecular flexibility index (Phi) is 17.6. The molecule has 2 aromatic carbocycles. The summed E-state index contributed by atoms with van der Waals surface area (Å²) in [4.78, 5) is 0. The van der Waals surface area contributed by atoms with Crippen LogP contribution >= 0.6 is 24.8 Å². The van der Waals surface area contributed by atoms with E-state index >= 15 is 0 Å². The predicted octanol–water partition coefficient (Wildman–Crippen LogP) is 10.0. The first-order chi connectivity index (χ1) is 15.9. The zero-order chi connectivity index (χ0) is 26.1. The van der Waals surface area contributed by atoms with Crippen molar-refractivity contribution in [1.29, 1.82) is 0 Å². The van der Waals surface area contributed by atoms with Gasteiger partial charge in [-0.3, -0.25) is 6.08 Å².